The molecule has 5 heteroatoms. The lowest BCUT2D eigenvalue weighted by atomic mass is 9.98. The van der Waals surface area contributed by atoms with Crippen molar-refractivity contribution in [1.82, 2.24) is 10.6 Å². The average Bonchev–Trinajstić information content (AvgIpc) is 3.03. The molecule has 0 saturated heterocycles. The quantitative estimate of drug-likeness (QED) is 0.722. The van der Waals surface area contributed by atoms with Gasteiger partial charge in [0.25, 0.3) is 0 Å². The Hall–Kier alpha value is -1.33. The maximum Gasteiger partial charge on any atom is 0.237 e. The summed E-state index contributed by atoms with van der Waals surface area (Å²) in [7, 11) is 0. The first-order valence-corrected chi connectivity index (χ1v) is 7.91. The number of carbonyl (C=O) groups excluding carboxylic acids is 1. The van der Waals surface area contributed by atoms with E-state index in [1.54, 1.807) is 6.26 Å². The van der Waals surface area contributed by atoms with Crippen LogP contribution in [0.4, 0.5) is 0 Å². The molecule has 2 N–H and O–H groups in total. The fourth-order valence-electron chi connectivity index (χ4n) is 2.57. The summed E-state index contributed by atoms with van der Waals surface area (Å²) in [6.07, 6.45) is 8.28. The highest BCUT2D eigenvalue weighted by Gasteiger charge is 2.15. The molecular formula is C16H26N2O3. The Morgan fingerprint density at radius 3 is 2.95 bits per heavy atom. The highest BCUT2D eigenvalue weighted by Crippen LogP contribution is 2.19. The Bertz CT molecular complexity index is 400. The van der Waals surface area contributed by atoms with Gasteiger partial charge in [0, 0.05) is 6.54 Å². The molecule has 0 radical (unpaired) electrons. The topological polar surface area (TPSA) is 63.5 Å². The summed E-state index contributed by atoms with van der Waals surface area (Å²) < 4.78 is 11.0. The minimum atomic E-state index is -0.227. The molecule has 1 aromatic heterocycles. The monoisotopic (exact) mass is 294 g/mol. The minimum Gasteiger partial charge on any atom is -0.467 e. The zero-order valence-electron chi connectivity index (χ0n) is 12.8. The van der Waals surface area contributed by atoms with Crippen molar-refractivity contribution in [3.63, 3.8) is 0 Å². The molecule has 1 saturated carbocycles. The summed E-state index contributed by atoms with van der Waals surface area (Å²) in [5, 5.41) is 6.02. The molecule has 1 aliphatic rings. The van der Waals surface area contributed by atoms with Crippen LogP contribution in [0.1, 0.15) is 44.8 Å². The van der Waals surface area contributed by atoms with Gasteiger partial charge in [-0.15, -0.1) is 0 Å². The minimum absolute atomic E-state index is 0.0240. The van der Waals surface area contributed by atoms with Crippen molar-refractivity contribution in [2.45, 2.75) is 57.7 Å². The Morgan fingerprint density at radius 2 is 2.24 bits per heavy atom. The molecule has 118 valence electrons. The summed E-state index contributed by atoms with van der Waals surface area (Å²) in [4.78, 5) is 11.9. The number of nitrogens with one attached hydrogen (secondary N) is 2. The molecule has 0 spiro atoms. The van der Waals surface area contributed by atoms with Gasteiger partial charge in [-0.3, -0.25) is 4.79 Å². The first-order chi connectivity index (χ1) is 10.3. The molecule has 0 aromatic carbocycles. The average molecular weight is 294 g/mol. The van der Waals surface area contributed by atoms with Crippen LogP contribution >= 0.6 is 0 Å². The van der Waals surface area contributed by atoms with Gasteiger partial charge in [-0.05, 0) is 31.9 Å². The van der Waals surface area contributed by atoms with Crippen LogP contribution in [0.2, 0.25) is 0 Å². The summed E-state index contributed by atoms with van der Waals surface area (Å²) in [5.41, 5.74) is 0. The van der Waals surface area contributed by atoms with Crippen LogP contribution in [-0.2, 0) is 16.1 Å². The van der Waals surface area contributed by atoms with Gasteiger partial charge in [0.05, 0.1) is 31.6 Å². The summed E-state index contributed by atoms with van der Waals surface area (Å²) in [5.74, 6) is 0.736. The summed E-state index contributed by atoms with van der Waals surface area (Å²) >= 11 is 0. The van der Waals surface area contributed by atoms with E-state index in [0.29, 0.717) is 25.8 Å². The zero-order valence-corrected chi connectivity index (χ0v) is 12.8. The Morgan fingerprint density at radius 1 is 1.43 bits per heavy atom. The molecule has 1 aromatic rings. The van der Waals surface area contributed by atoms with Gasteiger partial charge in [-0.2, -0.15) is 0 Å². The molecule has 1 amide bonds. The Kier molecular flexibility index (Phi) is 6.76. The smallest absolute Gasteiger partial charge is 0.237 e. The van der Waals surface area contributed by atoms with Gasteiger partial charge in [0.1, 0.15) is 5.76 Å². The van der Waals surface area contributed by atoms with E-state index in [1.165, 1.54) is 32.1 Å². The third-order valence-corrected chi connectivity index (χ3v) is 3.87. The predicted octanol–water partition coefficient (Wildman–Crippen LogP) is 2.22. The van der Waals surface area contributed by atoms with Crippen molar-refractivity contribution in [3.8, 4) is 0 Å². The molecule has 1 atom stereocenters. The number of hydrogen-bond donors (Lipinski definition) is 2. The maximum atomic E-state index is 11.9. The van der Waals surface area contributed by atoms with E-state index in [1.807, 2.05) is 19.1 Å². The molecule has 1 fully saturated rings. The Labute approximate surface area is 126 Å². The van der Waals surface area contributed by atoms with Crippen LogP contribution < -0.4 is 10.6 Å². The highest BCUT2D eigenvalue weighted by molar-refractivity contribution is 5.81. The molecule has 1 unspecified atom stereocenters. The molecule has 21 heavy (non-hydrogen) atoms. The lowest BCUT2D eigenvalue weighted by Crippen LogP contribution is -2.43. The molecule has 0 bridgehead atoms. The van der Waals surface area contributed by atoms with Crippen LogP contribution in [0.15, 0.2) is 22.8 Å². The van der Waals surface area contributed by atoms with E-state index in [-0.39, 0.29) is 11.9 Å². The molecular weight excluding hydrogens is 268 g/mol. The number of ether oxygens (including phenoxy) is 1. The van der Waals surface area contributed by atoms with Crippen LogP contribution in [-0.4, -0.2) is 31.2 Å². The number of rotatable bonds is 8. The van der Waals surface area contributed by atoms with E-state index < -0.39 is 0 Å². The van der Waals surface area contributed by atoms with Gasteiger partial charge in [0.2, 0.25) is 5.91 Å². The number of carbonyl (C=O) groups is 1. The largest absolute Gasteiger partial charge is 0.467 e. The predicted molar refractivity (Wildman–Crippen MR) is 80.8 cm³/mol. The number of hydrogen-bond acceptors (Lipinski definition) is 4. The van der Waals surface area contributed by atoms with Gasteiger partial charge < -0.3 is 19.8 Å². The van der Waals surface area contributed by atoms with Gasteiger partial charge in [0.15, 0.2) is 0 Å². The number of amides is 1. The van der Waals surface area contributed by atoms with Gasteiger partial charge >= 0.3 is 0 Å². The second-order valence-corrected chi connectivity index (χ2v) is 5.60. The van der Waals surface area contributed by atoms with Crippen LogP contribution in [0, 0.1) is 0 Å². The fourth-order valence-corrected chi connectivity index (χ4v) is 2.57. The molecule has 1 aliphatic carbocycles. The second-order valence-electron chi connectivity index (χ2n) is 5.60. The lowest BCUT2D eigenvalue weighted by molar-refractivity contribution is -0.123. The SMILES string of the molecule is CC(NCCOC1CCCCC1)C(=O)NCc1ccco1. The fraction of sp³-hybridized carbons (Fsp3) is 0.688. The highest BCUT2D eigenvalue weighted by atomic mass is 16.5. The molecule has 1 heterocycles. The lowest BCUT2D eigenvalue weighted by Gasteiger charge is -2.22. The summed E-state index contributed by atoms with van der Waals surface area (Å²) in [6.45, 7) is 3.65. The van der Waals surface area contributed by atoms with E-state index in [9.17, 15) is 4.79 Å². The van der Waals surface area contributed by atoms with Crippen molar-refractivity contribution in [1.29, 1.82) is 0 Å². The van der Waals surface area contributed by atoms with Crippen molar-refractivity contribution in [3.05, 3.63) is 24.2 Å². The van der Waals surface area contributed by atoms with Gasteiger partial charge in [-0.25, -0.2) is 0 Å². The maximum absolute atomic E-state index is 11.9. The zero-order chi connectivity index (χ0) is 14.9. The number of furan rings is 1. The van der Waals surface area contributed by atoms with Crippen molar-refractivity contribution < 1.29 is 13.9 Å². The van der Waals surface area contributed by atoms with Crippen LogP contribution in [0.5, 0.6) is 0 Å². The van der Waals surface area contributed by atoms with E-state index in [0.717, 1.165) is 5.76 Å². The Balaban J connectivity index is 1.53. The second kappa shape index (κ2) is 8.85. The molecule has 5 nitrogen and oxygen atoms in total. The van der Waals surface area contributed by atoms with E-state index in [2.05, 4.69) is 10.6 Å². The van der Waals surface area contributed by atoms with Crippen molar-refractivity contribution in [2.24, 2.45) is 0 Å². The van der Waals surface area contributed by atoms with Crippen LogP contribution in [0.25, 0.3) is 0 Å². The van der Waals surface area contributed by atoms with E-state index in [4.69, 9.17) is 9.15 Å². The normalized spacial score (nSPS) is 17.6. The standard InChI is InChI=1S/C16H26N2O3/c1-13(16(19)18-12-15-8-5-10-20-15)17-9-11-21-14-6-3-2-4-7-14/h5,8,10,13-14,17H,2-4,6-7,9,11-12H2,1H3,(H,18,19). The van der Waals surface area contributed by atoms with Crippen molar-refractivity contribution >= 4 is 5.91 Å². The molecule has 2 rings (SSSR count). The third-order valence-electron chi connectivity index (χ3n) is 3.87. The van der Waals surface area contributed by atoms with E-state index >= 15 is 0 Å². The van der Waals surface area contributed by atoms with Gasteiger partial charge in [-0.1, -0.05) is 19.3 Å². The first kappa shape index (κ1) is 16.0. The van der Waals surface area contributed by atoms with Crippen LogP contribution in [0.3, 0.4) is 0 Å². The third kappa shape index (κ3) is 5.89. The summed E-state index contributed by atoms with van der Waals surface area (Å²) in [6, 6.07) is 3.43. The van der Waals surface area contributed by atoms with Crippen molar-refractivity contribution in [2.75, 3.05) is 13.2 Å². The first-order valence-electron chi connectivity index (χ1n) is 7.91. The molecule has 0 aliphatic heterocycles.